The summed E-state index contributed by atoms with van der Waals surface area (Å²) in [6, 6.07) is 5.69. The number of benzene rings is 1. The molecule has 0 bridgehead atoms. The summed E-state index contributed by atoms with van der Waals surface area (Å²) in [6.45, 7) is 2.67. The molecule has 16 heavy (non-hydrogen) atoms. The Balaban J connectivity index is 2.46. The average molecular weight is 222 g/mol. The monoisotopic (exact) mass is 222 g/mol. The molecule has 1 fully saturated rings. The van der Waals surface area contributed by atoms with Crippen molar-refractivity contribution in [2.75, 3.05) is 13.2 Å². The lowest BCUT2D eigenvalue weighted by Gasteiger charge is -2.20. The molecule has 3 nitrogen and oxygen atoms in total. The van der Waals surface area contributed by atoms with Crippen LogP contribution in [0.15, 0.2) is 18.2 Å². The van der Waals surface area contributed by atoms with E-state index in [1.165, 1.54) is 0 Å². The molecule has 2 N–H and O–H groups in total. The summed E-state index contributed by atoms with van der Waals surface area (Å²) in [5, 5.41) is 18.8. The predicted octanol–water partition coefficient (Wildman–Crippen LogP) is 1.60. The van der Waals surface area contributed by atoms with E-state index in [2.05, 4.69) is 0 Å². The molecule has 1 aromatic rings. The number of hydrogen-bond acceptors (Lipinski definition) is 3. The molecule has 1 aliphatic carbocycles. The zero-order chi connectivity index (χ0) is 11.6. The second kappa shape index (κ2) is 4.44. The molecular weight excluding hydrogens is 204 g/mol. The van der Waals surface area contributed by atoms with Gasteiger partial charge in [-0.15, -0.1) is 0 Å². The van der Waals surface area contributed by atoms with Crippen LogP contribution in [0.4, 0.5) is 0 Å². The Morgan fingerprint density at radius 2 is 2.06 bits per heavy atom. The van der Waals surface area contributed by atoms with Crippen molar-refractivity contribution in [2.24, 2.45) is 0 Å². The number of aliphatic hydroxyl groups is 2. The van der Waals surface area contributed by atoms with Crippen LogP contribution in [0, 0.1) is 0 Å². The molecule has 1 aliphatic rings. The van der Waals surface area contributed by atoms with E-state index in [-0.39, 0.29) is 18.6 Å². The molecule has 0 atom stereocenters. The summed E-state index contributed by atoms with van der Waals surface area (Å²) in [7, 11) is 0. The van der Waals surface area contributed by atoms with Gasteiger partial charge >= 0.3 is 0 Å². The van der Waals surface area contributed by atoms with Crippen LogP contribution in [0.1, 0.15) is 30.9 Å². The highest BCUT2D eigenvalue weighted by Gasteiger charge is 2.46. The number of rotatable bonds is 5. The first-order chi connectivity index (χ1) is 7.77. The standard InChI is InChI=1S/C13H18O3/c1-2-16-11-5-3-4-10(8-14)12(11)13(9-15)6-7-13/h3-5,14-15H,2,6-9H2,1H3. The van der Waals surface area contributed by atoms with Gasteiger partial charge in [0.1, 0.15) is 5.75 Å². The summed E-state index contributed by atoms with van der Waals surface area (Å²) in [6.07, 6.45) is 1.95. The van der Waals surface area contributed by atoms with Crippen molar-refractivity contribution in [1.82, 2.24) is 0 Å². The Morgan fingerprint density at radius 3 is 2.56 bits per heavy atom. The summed E-state index contributed by atoms with van der Waals surface area (Å²) < 4.78 is 5.59. The van der Waals surface area contributed by atoms with Crippen molar-refractivity contribution in [3.05, 3.63) is 29.3 Å². The second-order valence-corrected chi connectivity index (χ2v) is 4.32. The molecule has 3 heteroatoms. The second-order valence-electron chi connectivity index (χ2n) is 4.32. The van der Waals surface area contributed by atoms with Crippen LogP contribution >= 0.6 is 0 Å². The fraction of sp³-hybridized carbons (Fsp3) is 0.538. The van der Waals surface area contributed by atoms with Crippen molar-refractivity contribution in [3.8, 4) is 5.75 Å². The SMILES string of the molecule is CCOc1cccc(CO)c1C1(CO)CC1. The molecule has 0 heterocycles. The van der Waals surface area contributed by atoms with Crippen LogP contribution in [0.25, 0.3) is 0 Å². The summed E-state index contributed by atoms with van der Waals surface area (Å²) >= 11 is 0. The van der Waals surface area contributed by atoms with E-state index in [1.54, 1.807) is 0 Å². The minimum Gasteiger partial charge on any atom is -0.494 e. The van der Waals surface area contributed by atoms with Crippen LogP contribution in [-0.2, 0) is 12.0 Å². The zero-order valence-electron chi connectivity index (χ0n) is 9.57. The molecule has 0 aliphatic heterocycles. The maximum atomic E-state index is 9.49. The van der Waals surface area contributed by atoms with Crippen molar-refractivity contribution < 1.29 is 14.9 Å². The van der Waals surface area contributed by atoms with Crippen molar-refractivity contribution >= 4 is 0 Å². The molecule has 1 saturated carbocycles. The van der Waals surface area contributed by atoms with Gasteiger partial charge in [0.25, 0.3) is 0 Å². The van der Waals surface area contributed by atoms with Gasteiger partial charge in [-0.25, -0.2) is 0 Å². The van der Waals surface area contributed by atoms with E-state index in [0.717, 1.165) is 29.7 Å². The first kappa shape index (κ1) is 11.4. The molecule has 0 radical (unpaired) electrons. The van der Waals surface area contributed by atoms with Gasteiger partial charge in [-0.3, -0.25) is 0 Å². The maximum Gasteiger partial charge on any atom is 0.123 e. The van der Waals surface area contributed by atoms with Gasteiger partial charge in [-0.1, -0.05) is 12.1 Å². The zero-order valence-corrected chi connectivity index (χ0v) is 9.57. The normalized spacial score (nSPS) is 17.2. The van der Waals surface area contributed by atoms with E-state index in [1.807, 2.05) is 25.1 Å². The van der Waals surface area contributed by atoms with Gasteiger partial charge in [-0.05, 0) is 31.4 Å². The molecule has 0 unspecified atom stereocenters. The summed E-state index contributed by atoms with van der Waals surface area (Å²) in [5.41, 5.74) is 1.71. The minimum atomic E-state index is -0.163. The van der Waals surface area contributed by atoms with Crippen LogP contribution in [0.5, 0.6) is 5.75 Å². The summed E-state index contributed by atoms with van der Waals surface area (Å²) in [4.78, 5) is 0. The van der Waals surface area contributed by atoms with Gasteiger partial charge < -0.3 is 14.9 Å². The number of hydrogen-bond donors (Lipinski definition) is 2. The first-order valence-electron chi connectivity index (χ1n) is 5.74. The highest BCUT2D eigenvalue weighted by atomic mass is 16.5. The lowest BCUT2D eigenvalue weighted by atomic mass is 9.91. The predicted molar refractivity (Wildman–Crippen MR) is 61.5 cm³/mol. The molecule has 1 aromatic carbocycles. The van der Waals surface area contributed by atoms with E-state index in [9.17, 15) is 10.2 Å². The first-order valence-corrected chi connectivity index (χ1v) is 5.74. The molecule has 0 spiro atoms. The van der Waals surface area contributed by atoms with Crippen LogP contribution in [0.3, 0.4) is 0 Å². The van der Waals surface area contributed by atoms with Gasteiger partial charge in [0.2, 0.25) is 0 Å². The van der Waals surface area contributed by atoms with Gasteiger partial charge in [0.05, 0.1) is 19.8 Å². The largest absolute Gasteiger partial charge is 0.494 e. The molecule has 88 valence electrons. The Bertz CT molecular complexity index is 369. The Morgan fingerprint density at radius 1 is 1.31 bits per heavy atom. The van der Waals surface area contributed by atoms with Crippen LogP contribution in [0.2, 0.25) is 0 Å². The fourth-order valence-corrected chi connectivity index (χ4v) is 2.22. The highest BCUT2D eigenvalue weighted by molar-refractivity contribution is 5.48. The molecule has 2 rings (SSSR count). The Kier molecular flexibility index (Phi) is 3.17. The average Bonchev–Trinajstić information content (AvgIpc) is 3.10. The van der Waals surface area contributed by atoms with Gasteiger partial charge in [-0.2, -0.15) is 0 Å². The van der Waals surface area contributed by atoms with E-state index < -0.39 is 0 Å². The van der Waals surface area contributed by atoms with E-state index in [0.29, 0.717) is 6.61 Å². The molecular formula is C13H18O3. The topological polar surface area (TPSA) is 49.7 Å². The highest BCUT2D eigenvalue weighted by Crippen LogP contribution is 2.52. The third kappa shape index (κ3) is 1.81. The number of ether oxygens (including phenoxy) is 1. The lowest BCUT2D eigenvalue weighted by molar-refractivity contribution is 0.241. The van der Waals surface area contributed by atoms with Gasteiger partial charge in [0.15, 0.2) is 0 Å². The number of aliphatic hydroxyl groups excluding tert-OH is 2. The third-order valence-corrected chi connectivity index (χ3v) is 3.27. The van der Waals surface area contributed by atoms with E-state index in [4.69, 9.17) is 4.74 Å². The molecule has 0 saturated heterocycles. The molecule has 0 aromatic heterocycles. The van der Waals surface area contributed by atoms with Crippen molar-refractivity contribution in [2.45, 2.75) is 31.8 Å². The molecule has 0 amide bonds. The third-order valence-electron chi connectivity index (χ3n) is 3.27. The fourth-order valence-electron chi connectivity index (χ4n) is 2.22. The van der Waals surface area contributed by atoms with Crippen molar-refractivity contribution in [3.63, 3.8) is 0 Å². The summed E-state index contributed by atoms with van der Waals surface area (Å²) in [5.74, 6) is 0.806. The Hall–Kier alpha value is -1.06. The quantitative estimate of drug-likeness (QED) is 0.795. The van der Waals surface area contributed by atoms with Crippen LogP contribution in [-0.4, -0.2) is 23.4 Å². The Labute approximate surface area is 95.7 Å². The van der Waals surface area contributed by atoms with Crippen LogP contribution < -0.4 is 4.74 Å². The lowest BCUT2D eigenvalue weighted by Crippen LogP contribution is -2.16. The minimum absolute atomic E-state index is 0.00199. The maximum absolute atomic E-state index is 9.49. The van der Waals surface area contributed by atoms with Gasteiger partial charge in [0, 0.05) is 11.0 Å². The smallest absolute Gasteiger partial charge is 0.123 e. The van der Waals surface area contributed by atoms with Crippen molar-refractivity contribution in [1.29, 1.82) is 0 Å². The van der Waals surface area contributed by atoms with E-state index >= 15 is 0 Å².